The van der Waals surface area contributed by atoms with Gasteiger partial charge in [0.25, 0.3) is 0 Å². The van der Waals surface area contributed by atoms with E-state index in [-0.39, 0.29) is 12.5 Å². The van der Waals surface area contributed by atoms with Crippen molar-refractivity contribution in [2.75, 3.05) is 12.8 Å². The van der Waals surface area contributed by atoms with E-state index < -0.39 is 17.9 Å². The number of carboxylic acid groups (broad SMARTS) is 1. The van der Waals surface area contributed by atoms with Crippen LogP contribution < -0.4 is 10.5 Å². The number of carboxylic acids is 1. The molecule has 0 bridgehead atoms. The number of benzene rings is 1. The first-order valence-corrected chi connectivity index (χ1v) is 8.93. The Kier molecular flexibility index (Phi) is 4.94. The molecule has 0 radical (unpaired) electrons. The largest absolute Gasteiger partial charge is 0.496 e. The minimum Gasteiger partial charge on any atom is -0.496 e. The Morgan fingerprint density at radius 1 is 1.50 bits per heavy atom. The van der Waals surface area contributed by atoms with Crippen molar-refractivity contribution in [3.05, 3.63) is 33.9 Å². The van der Waals surface area contributed by atoms with Crippen LogP contribution >= 0.6 is 0 Å². The standard InChI is InChI=1S/C20H25NO5/c1-10-15-9-26-20(24)16(15)17(21)14(18(10)25-3)8-7-12-5-4-6-13(12)11(2)19(22)23/h7,11,13H,4-6,8-9,21H2,1-3H3,(H,22,23)/b12-7+/t11-,13?/m0/s1. The zero-order valence-corrected chi connectivity index (χ0v) is 15.4. The molecule has 1 aliphatic carbocycles. The fraction of sp³-hybridized carbons (Fsp3) is 0.500. The van der Waals surface area contributed by atoms with E-state index >= 15 is 0 Å². The van der Waals surface area contributed by atoms with E-state index in [1.165, 1.54) is 0 Å². The summed E-state index contributed by atoms with van der Waals surface area (Å²) < 4.78 is 10.7. The third-order valence-electron chi connectivity index (χ3n) is 5.74. The van der Waals surface area contributed by atoms with Gasteiger partial charge >= 0.3 is 11.9 Å². The summed E-state index contributed by atoms with van der Waals surface area (Å²) in [5, 5.41) is 9.32. The molecule has 3 rings (SSSR count). The lowest BCUT2D eigenvalue weighted by Gasteiger charge is -2.19. The molecule has 2 aliphatic rings. The van der Waals surface area contributed by atoms with Crippen molar-refractivity contribution < 1.29 is 24.2 Å². The molecular weight excluding hydrogens is 334 g/mol. The Morgan fingerprint density at radius 3 is 2.88 bits per heavy atom. The van der Waals surface area contributed by atoms with Gasteiger partial charge in [0.15, 0.2) is 0 Å². The molecule has 0 aromatic heterocycles. The Labute approximate surface area is 153 Å². The molecule has 1 unspecified atom stereocenters. The molecule has 0 spiro atoms. The number of nitrogen functional groups attached to an aromatic ring is 1. The summed E-state index contributed by atoms with van der Waals surface area (Å²) in [7, 11) is 1.59. The molecule has 1 saturated carbocycles. The van der Waals surface area contributed by atoms with Crippen molar-refractivity contribution in [1.82, 2.24) is 0 Å². The molecule has 1 aliphatic heterocycles. The maximum Gasteiger partial charge on any atom is 0.341 e. The predicted octanol–water partition coefficient (Wildman–Crippen LogP) is 3.25. The Balaban J connectivity index is 1.98. The van der Waals surface area contributed by atoms with E-state index in [2.05, 4.69) is 6.08 Å². The van der Waals surface area contributed by atoms with Gasteiger partial charge in [0.1, 0.15) is 12.4 Å². The summed E-state index contributed by atoms with van der Waals surface area (Å²) in [5.74, 6) is -0.830. The number of carbonyl (C=O) groups is 2. The number of allylic oxidation sites excluding steroid dienone is 2. The van der Waals surface area contributed by atoms with Gasteiger partial charge in [0.2, 0.25) is 0 Å². The van der Waals surface area contributed by atoms with Crippen LogP contribution in [0.2, 0.25) is 0 Å². The Morgan fingerprint density at radius 2 is 2.23 bits per heavy atom. The number of nitrogens with two attached hydrogens (primary N) is 1. The summed E-state index contributed by atoms with van der Waals surface area (Å²) in [6.07, 6.45) is 5.36. The number of aliphatic carboxylic acids is 1. The van der Waals surface area contributed by atoms with Crippen molar-refractivity contribution in [3.63, 3.8) is 0 Å². The number of anilines is 1. The first-order valence-electron chi connectivity index (χ1n) is 8.93. The van der Waals surface area contributed by atoms with Crippen molar-refractivity contribution in [1.29, 1.82) is 0 Å². The normalized spacial score (nSPS) is 21.6. The zero-order valence-electron chi connectivity index (χ0n) is 15.4. The first kappa shape index (κ1) is 18.3. The lowest BCUT2D eigenvalue weighted by atomic mass is 9.87. The number of esters is 1. The number of hydrogen-bond acceptors (Lipinski definition) is 5. The van der Waals surface area contributed by atoms with Crippen molar-refractivity contribution in [3.8, 4) is 5.75 Å². The monoisotopic (exact) mass is 359 g/mol. The van der Waals surface area contributed by atoms with Gasteiger partial charge in [-0.1, -0.05) is 18.6 Å². The highest BCUT2D eigenvalue weighted by atomic mass is 16.5. The van der Waals surface area contributed by atoms with Crippen LogP contribution in [0.15, 0.2) is 11.6 Å². The third-order valence-corrected chi connectivity index (χ3v) is 5.74. The quantitative estimate of drug-likeness (QED) is 0.476. The molecule has 140 valence electrons. The van der Waals surface area contributed by atoms with Gasteiger partial charge in [-0.3, -0.25) is 4.79 Å². The highest BCUT2D eigenvalue weighted by Gasteiger charge is 2.32. The van der Waals surface area contributed by atoms with E-state index in [1.807, 2.05) is 6.92 Å². The molecule has 1 fully saturated rings. The van der Waals surface area contributed by atoms with Gasteiger partial charge in [-0.25, -0.2) is 4.79 Å². The molecule has 6 nitrogen and oxygen atoms in total. The van der Waals surface area contributed by atoms with E-state index in [1.54, 1.807) is 14.0 Å². The van der Waals surface area contributed by atoms with Crippen molar-refractivity contribution >= 4 is 17.6 Å². The van der Waals surface area contributed by atoms with Crippen LogP contribution in [-0.2, 0) is 22.6 Å². The van der Waals surface area contributed by atoms with Gasteiger partial charge in [-0.15, -0.1) is 0 Å². The minimum absolute atomic E-state index is 0.0557. The molecule has 1 heterocycles. The summed E-state index contributed by atoms with van der Waals surface area (Å²) in [4.78, 5) is 23.4. The van der Waals surface area contributed by atoms with Gasteiger partial charge in [-0.05, 0) is 44.1 Å². The van der Waals surface area contributed by atoms with E-state index in [0.717, 1.165) is 41.5 Å². The van der Waals surface area contributed by atoms with Crippen LogP contribution in [0.25, 0.3) is 0 Å². The van der Waals surface area contributed by atoms with E-state index in [0.29, 0.717) is 23.4 Å². The van der Waals surface area contributed by atoms with Gasteiger partial charge in [-0.2, -0.15) is 0 Å². The molecule has 1 aromatic carbocycles. The minimum atomic E-state index is -0.768. The molecule has 0 amide bonds. The Bertz CT molecular complexity index is 796. The second-order valence-electron chi connectivity index (χ2n) is 7.09. The molecule has 2 atom stereocenters. The first-order chi connectivity index (χ1) is 12.4. The lowest BCUT2D eigenvalue weighted by molar-refractivity contribution is -0.142. The fourth-order valence-electron chi connectivity index (χ4n) is 4.22. The van der Waals surface area contributed by atoms with E-state index in [4.69, 9.17) is 15.2 Å². The van der Waals surface area contributed by atoms with Crippen LogP contribution in [-0.4, -0.2) is 24.2 Å². The number of cyclic esters (lactones) is 1. The SMILES string of the molecule is COc1c(C)c2c(c(N)c1C/C=C1\CCCC1[C@H](C)C(=O)O)C(=O)OC2. The van der Waals surface area contributed by atoms with Crippen LogP contribution in [0, 0.1) is 18.8 Å². The van der Waals surface area contributed by atoms with Crippen molar-refractivity contribution in [2.45, 2.75) is 46.1 Å². The smallest absolute Gasteiger partial charge is 0.341 e. The van der Waals surface area contributed by atoms with Gasteiger partial charge < -0.3 is 20.3 Å². The predicted molar refractivity (Wildman–Crippen MR) is 97.2 cm³/mol. The molecule has 26 heavy (non-hydrogen) atoms. The lowest BCUT2D eigenvalue weighted by Crippen LogP contribution is -2.19. The number of carbonyl (C=O) groups excluding carboxylic acids is 1. The molecule has 0 saturated heterocycles. The summed E-state index contributed by atoms with van der Waals surface area (Å²) >= 11 is 0. The number of rotatable bonds is 5. The molecular formula is C20H25NO5. The maximum atomic E-state index is 12.0. The highest BCUT2D eigenvalue weighted by Crippen LogP contribution is 2.41. The Hall–Kier alpha value is -2.50. The summed E-state index contributed by atoms with van der Waals surface area (Å²) in [5.41, 5.74) is 10.7. The third kappa shape index (κ3) is 2.93. The molecule has 1 aromatic rings. The second-order valence-corrected chi connectivity index (χ2v) is 7.09. The van der Waals surface area contributed by atoms with Crippen molar-refractivity contribution in [2.24, 2.45) is 11.8 Å². The zero-order chi connectivity index (χ0) is 19.0. The van der Waals surface area contributed by atoms with Crippen LogP contribution in [0.4, 0.5) is 5.69 Å². The van der Waals surface area contributed by atoms with Crippen LogP contribution in [0.1, 0.15) is 53.2 Å². The number of fused-ring (bicyclic) bond motifs is 1. The summed E-state index contributed by atoms with van der Waals surface area (Å²) in [6.45, 7) is 3.89. The molecule has 6 heteroatoms. The highest BCUT2D eigenvalue weighted by molar-refractivity contribution is 6.00. The topological polar surface area (TPSA) is 98.9 Å². The number of hydrogen-bond donors (Lipinski definition) is 2. The summed E-state index contributed by atoms with van der Waals surface area (Å²) in [6, 6.07) is 0. The second kappa shape index (κ2) is 7.02. The number of methoxy groups -OCH3 is 1. The average Bonchev–Trinajstić information content (AvgIpc) is 3.22. The average molecular weight is 359 g/mol. The fourth-order valence-corrected chi connectivity index (χ4v) is 4.22. The number of ether oxygens (including phenoxy) is 2. The maximum absolute atomic E-state index is 12.0. The molecule has 3 N–H and O–H groups in total. The van der Waals surface area contributed by atoms with Gasteiger partial charge in [0, 0.05) is 11.1 Å². The van der Waals surface area contributed by atoms with Crippen LogP contribution in [0.3, 0.4) is 0 Å². The van der Waals surface area contributed by atoms with Crippen LogP contribution in [0.5, 0.6) is 5.75 Å². The van der Waals surface area contributed by atoms with E-state index in [9.17, 15) is 14.7 Å². The van der Waals surface area contributed by atoms with Gasteiger partial charge in [0.05, 0.1) is 24.3 Å².